The number of benzene rings is 4. The van der Waals surface area contributed by atoms with Crippen LogP contribution < -0.4 is 0 Å². The number of hydrogen-bond acceptors (Lipinski definition) is 5. The zero-order valence-electron chi connectivity index (χ0n) is 22.0. The Bertz CT molecular complexity index is 1720. The van der Waals surface area contributed by atoms with Crippen LogP contribution in [0.4, 0.5) is 17.6 Å². The van der Waals surface area contributed by atoms with Crippen LogP contribution in [0.15, 0.2) is 108 Å². The van der Waals surface area contributed by atoms with Gasteiger partial charge in [-0.3, -0.25) is 4.57 Å². The summed E-state index contributed by atoms with van der Waals surface area (Å²) >= 11 is 0. The minimum absolute atomic E-state index is 0.104. The van der Waals surface area contributed by atoms with E-state index in [0.29, 0.717) is 5.56 Å². The normalized spacial score (nSPS) is 13.1. The molecule has 8 nitrogen and oxygen atoms in total. The maximum Gasteiger partial charge on any atom is 0.399 e. The molecule has 43 heavy (non-hydrogen) atoms. The lowest BCUT2D eigenvalue weighted by Crippen LogP contribution is -2.30. The van der Waals surface area contributed by atoms with Gasteiger partial charge in [-0.2, -0.15) is 21.9 Å². The summed E-state index contributed by atoms with van der Waals surface area (Å²) < 4.78 is 96.5. The summed E-state index contributed by atoms with van der Waals surface area (Å²) in [7, 11) is -13.7. The molecule has 0 heterocycles. The second-order valence-electron chi connectivity index (χ2n) is 9.48. The van der Waals surface area contributed by atoms with E-state index in [4.69, 9.17) is 19.6 Å². The molecule has 0 fully saturated rings. The van der Waals surface area contributed by atoms with Crippen molar-refractivity contribution in [3.05, 3.63) is 125 Å². The van der Waals surface area contributed by atoms with Crippen LogP contribution in [0.2, 0.25) is 0 Å². The van der Waals surface area contributed by atoms with Crippen LogP contribution in [0.5, 0.6) is 0 Å². The molecule has 4 rings (SSSR count). The van der Waals surface area contributed by atoms with Crippen molar-refractivity contribution in [1.82, 2.24) is 4.31 Å². The molecule has 0 aliphatic carbocycles. The maximum atomic E-state index is 14.1. The molecule has 0 unspecified atom stereocenters. The molecular weight excluding hydrogens is 632 g/mol. The molecule has 15 heteroatoms. The zero-order valence-corrected chi connectivity index (χ0v) is 24.6. The van der Waals surface area contributed by atoms with Gasteiger partial charge in [0.15, 0.2) is 0 Å². The predicted octanol–water partition coefficient (Wildman–Crippen LogP) is 6.32. The van der Waals surface area contributed by atoms with E-state index in [0.717, 1.165) is 46.3 Å². The fourth-order valence-electron chi connectivity index (χ4n) is 4.15. The highest BCUT2D eigenvalue weighted by Crippen LogP contribution is 2.59. The summed E-state index contributed by atoms with van der Waals surface area (Å²) in [5.41, 5.74) is -8.21. The molecule has 4 aromatic rings. The van der Waals surface area contributed by atoms with Gasteiger partial charge in [0.2, 0.25) is 18.4 Å². The second kappa shape index (κ2) is 12.6. The molecule has 0 saturated carbocycles. The third-order valence-corrected chi connectivity index (χ3v) is 10.1. The summed E-state index contributed by atoms with van der Waals surface area (Å²) in [6, 6.07) is 23.1. The summed E-state index contributed by atoms with van der Waals surface area (Å²) in [4.78, 5) is 36.0. The van der Waals surface area contributed by atoms with Crippen molar-refractivity contribution in [3.63, 3.8) is 0 Å². The van der Waals surface area contributed by atoms with E-state index in [9.17, 15) is 30.5 Å². The van der Waals surface area contributed by atoms with E-state index in [2.05, 4.69) is 0 Å². The van der Waals surface area contributed by atoms with Crippen LogP contribution in [-0.4, -0.2) is 32.3 Å². The van der Waals surface area contributed by atoms with Crippen molar-refractivity contribution in [2.75, 3.05) is 0 Å². The smallest absolute Gasteiger partial charge is 0.346 e. The standard InChI is InChI=1S/C28H25F4NO7P2S/c29-27(30,41(34)35)24-13-9-20(10-14-24)18-33(19-21-11-15-25(16-12-21)28(31,32)42(36,37)38)43(39,40)26-8-4-7-23(17-26)22-5-2-1-3-6-22/h1-17,34-35H,18-19H2,(H2,36,37,38). The van der Waals surface area contributed by atoms with E-state index in [-0.39, 0.29) is 29.1 Å². The van der Waals surface area contributed by atoms with Gasteiger partial charge in [0.05, 0.1) is 4.90 Å². The Hall–Kier alpha value is -2.99. The topological polar surface area (TPSA) is 135 Å². The largest absolute Gasteiger partial charge is 0.399 e. The Morgan fingerprint density at radius 2 is 1.19 bits per heavy atom. The lowest BCUT2D eigenvalue weighted by atomic mass is 10.1. The summed E-state index contributed by atoms with van der Waals surface area (Å²) in [5, 5.41) is 0. The van der Waals surface area contributed by atoms with Gasteiger partial charge in [-0.25, -0.2) is 8.42 Å². The first-order valence-electron chi connectivity index (χ1n) is 12.4. The van der Waals surface area contributed by atoms with Crippen molar-refractivity contribution in [2.45, 2.75) is 29.3 Å². The van der Waals surface area contributed by atoms with Crippen LogP contribution in [0, 0.1) is 0 Å². The van der Waals surface area contributed by atoms with E-state index in [1.54, 1.807) is 42.5 Å². The van der Waals surface area contributed by atoms with Gasteiger partial charge in [-0.1, -0.05) is 91.0 Å². The third kappa shape index (κ3) is 7.22. The SMILES string of the molecule is O=P(O)(O)C(F)(F)c1ccc(CN(Cc2ccc(C(F)(F)P(O)O)cc2)S(=O)(=O)c2cccc(-c3ccccc3)c2)cc1. The van der Waals surface area contributed by atoms with Crippen LogP contribution in [0.25, 0.3) is 11.1 Å². The molecule has 0 amide bonds. The molecule has 4 aromatic carbocycles. The van der Waals surface area contributed by atoms with Crippen molar-refractivity contribution in [1.29, 1.82) is 0 Å². The first kappa shape index (κ1) is 32.9. The molecule has 0 aromatic heterocycles. The monoisotopic (exact) mass is 657 g/mol. The van der Waals surface area contributed by atoms with Crippen molar-refractivity contribution < 1.29 is 50.1 Å². The molecule has 228 valence electrons. The first-order chi connectivity index (χ1) is 20.0. The molecule has 0 spiro atoms. The first-order valence-corrected chi connectivity index (χ1v) is 16.7. The minimum Gasteiger partial charge on any atom is -0.346 e. The number of sulfonamides is 1. The molecular formula is C28H25F4NO7P2S. The van der Waals surface area contributed by atoms with Gasteiger partial charge in [0.25, 0.3) is 0 Å². The third-order valence-electron chi connectivity index (χ3n) is 6.52. The highest BCUT2D eigenvalue weighted by molar-refractivity contribution is 7.89. The number of hydrogen-bond donors (Lipinski definition) is 4. The fourth-order valence-corrected chi connectivity index (χ4v) is 6.48. The van der Waals surface area contributed by atoms with Crippen LogP contribution in [0.1, 0.15) is 22.3 Å². The Labute approximate surface area is 246 Å². The Morgan fingerprint density at radius 3 is 1.67 bits per heavy atom. The van der Waals surface area contributed by atoms with E-state index < -0.39 is 48.4 Å². The number of rotatable bonds is 11. The molecule has 4 N–H and O–H groups in total. The number of alkyl halides is 4. The molecule has 0 radical (unpaired) electrons. The van der Waals surface area contributed by atoms with Crippen molar-refractivity contribution in [2.24, 2.45) is 0 Å². The Balaban J connectivity index is 1.71. The van der Waals surface area contributed by atoms with Crippen LogP contribution in [0.3, 0.4) is 0 Å². The Kier molecular flexibility index (Phi) is 9.61. The second-order valence-corrected chi connectivity index (χ2v) is 14.2. The van der Waals surface area contributed by atoms with Gasteiger partial charge in [0.1, 0.15) is 0 Å². The van der Waals surface area contributed by atoms with E-state index in [1.165, 1.54) is 24.3 Å². The summed E-state index contributed by atoms with van der Waals surface area (Å²) in [6.45, 7) is -0.729. The lowest BCUT2D eigenvalue weighted by Gasteiger charge is -2.24. The molecule has 0 saturated heterocycles. The predicted molar refractivity (Wildman–Crippen MR) is 152 cm³/mol. The van der Waals surface area contributed by atoms with Gasteiger partial charge in [-0.05, 0) is 34.4 Å². The highest BCUT2D eigenvalue weighted by atomic mass is 32.2. The van der Waals surface area contributed by atoms with Crippen molar-refractivity contribution in [3.8, 4) is 11.1 Å². The van der Waals surface area contributed by atoms with E-state index >= 15 is 0 Å². The quantitative estimate of drug-likeness (QED) is 0.110. The van der Waals surface area contributed by atoms with Crippen LogP contribution >= 0.6 is 16.0 Å². The molecule has 0 atom stereocenters. The molecule has 0 aliphatic heterocycles. The van der Waals surface area contributed by atoms with Gasteiger partial charge >= 0.3 is 18.9 Å². The average Bonchev–Trinajstić information content (AvgIpc) is 2.97. The van der Waals surface area contributed by atoms with Crippen LogP contribution in [-0.2, 0) is 39.0 Å². The number of halogens is 4. The lowest BCUT2D eigenvalue weighted by molar-refractivity contribution is 0.0564. The number of nitrogens with zero attached hydrogens (tertiary/aromatic N) is 1. The Morgan fingerprint density at radius 1 is 0.698 bits per heavy atom. The van der Waals surface area contributed by atoms with E-state index in [1.807, 2.05) is 0 Å². The molecule has 0 aliphatic rings. The maximum absolute atomic E-state index is 14.1. The highest BCUT2D eigenvalue weighted by Gasteiger charge is 2.50. The van der Waals surface area contributed by atoms with Gasteiger partial charge in [-0.15, -0.1) is 0 Å². The summed E-state index contributed by atoms with van der Waals surface area (Å²) in [6.07, 6.45) is 0. The average molecular weight is 658 g/mol. The summed E-state index contributed by atoms with van der Waals surface area (Å²) in [5.74, 6) is 0. The minimum atomic E-state index is -5.82. The van der Waals surface area contributed by atoms with Gasteiger partial charge < -0.3 is 19.6 Å². The zero-order chi connectivity index (χ0) is 31.6. The molecule has 0 bridgehead atoms. The fraction of sp³-hybridized carbons (Fsp3) is 0.143. The van der Waals surface area contributed by atoms with Crippen molar-refractivity contribution >= 4 is 26.0 Å². The van der Waals surface area contributed by atoms with Gasteiger partial charge in [0, 0.05) is 24.2 Å².